The van der Waals surface area contributed by atoms with Crippen molar-refractivity contribution in [2.24, 2.45) is 0 Å². The summed E-state index contributed by atoms with van der Waals surface area (Å²) in [6, 6.07) is 8.94. The molecule has 3 aromatic heterocycles. The van der Waals surface area contributed by atoms with Crippen LogP contribution in [0.2, 0.25) is 0 Å². The van der Waals surface area contributed by atoms with Crippen LogP contribution in [0.5, 0.6) is 0 Å². The van der Waals surface area contributed by atoms with Gasteiger partial charge in [0.2, 0.25) is 5.43 Å². The number of H-pyrrole nitrogens is 1. The molecule has 1 aromatic carbocycles. The van der Waals surface area contributed by atoms with E-state index in [1.165, 1.54) is 6.26 Å². The van der Waals surface area contributed by atoms with Crippen LogP contribution in [0.25, 0.3) is 33.4 Å². The zero-order valence-corrected chi connectivity index (χ0v) is 16.2. The molecule has 0 bridgehead atoms. The van der Waals surface area contributed by atoms with Gasteiger partial charge < -0.3 is 18.6 Å². The first kappa shape index (κ1) is 18.1. The summed E-state index contributed by atoms with van der Waals surface area (Å²) in [4.78, 5) is 28.8. The second-order valence-electron chi connectivity index (χ2n) is 7.85. The molecule has 0 radical (unpaired) electrons. The van der Waals surface area contributed by atoms with E-state index < -0.39 is 11.6 Å². The summed E-state index contributed by atoms with van der Waals surface area (Å²) in [7, 11) is 0. The van der Waals surface area contributed by atoms with E-state index in [9.17, 15) is 9.59 Å². The van der Waals surface area contributed by atoms with E-state index in [4.69, 9.17) is 13.6 Å². The van der Waals surface area contributed by atoms with Crippen molar-refractivity contribution in [3.63, 3.8) is 0 Å². The summed E-state index contributed by atoms with van der Waals surface area (Å²) < 4.78 is 17.0. The molecule has 4 aromatic rings. The third kappa shape index (κ3) is 3.22. The van der Waals surface area contributed by atoms with Gasteiger partial charge in [0, 0.05) is 0 Å². The van der Waals surface area contributed by atoms with Crippen molar-refractivity contribution in [2.45, 2.75) is 39.7 Å². The lowest BCUT2D eigenvalue weighted by Gasteiger charge is -2.19. The molecular weight excluding hydrogens is 358 g/mol. The first-order valence-electron chi connectivity index (χ1n) is 9.07. The van der Waals surface area contributed by atoms with Crippen molar-refractivity contribution in [1.82, 2.24) is 4.98 Å². The number of esters is 1. The third-order valence-corrected chi connectivity index (χ3v) is 4.35. The van der Waals surface area contributed by atoms with Gasteiger partial charge in [-0.3, -0.25) is 9.59 Å². The normalized spacial score (nSPS) is 12.0. The van der Waals surface area contributed by atoms with Gasteiger partial charge >= 0.3 is 5.97 Å². The predicted octanol–water partition coefficient (Wildman–Crippen LogP) is 4.73. The smallest absolute Gasteiger partial charge is 0.312 e. The summed E-state index contributed by atoms with van der Waals surface area (Å²) in [6.45, 7) is 7.34. The number of aromatic nitrogens is 1. The van der Waals surface area contributed by atoms with Crippen LogP contribution in [0.15, 0.2) is 50.2 Å². The number of nitrogens with one attached hydrogen (secondary N) is 1. The standard InChI is InChI=1S/C22H21NO5/c1-12-7-8-15-13(10-12)20(25)18-19(16-6-5-9-26-16)23-14(21(18)27-15)11-17(24)28-22(2,3)4/h5-10,23H,11H2,1-4H3. The maximum absolute atomic E-state index is 13.2. The molecule has 0 fully saturated rings. The quantitative estimate of drug-likeness (QED) is 0.520. The Morgan fingerprint density at radius 3 is 2.68 bits per heavy atom. The number of carbonyl (C=O) groups is 1. The maximum Gasteiger partial charge on any atom is 0.312 e. The van der Waals surface area contributed by atoms with Crippen LogP contribution in [-0.2, 0) is 16.0 Å². The first-order chi connectivity index (χ1) is 13.2. The van der Waals surface area contributed by atoms with Gasteiger partial charge in [-0.1, -0.05) is 11.6 Å². The highest BCUT2D eigenvalue weighted by Crippen LogP contribution is 2.32. The maximum atomic E-state index is 13.2. The summed E-state index contributed by atoms with van der Waals surface area (Å²) in [5, 5.41) is 0.856. The molecule has 0 saturated carbocycles. The predicted molar refractivity (Wildman–Crippen MR) is 106 cm³/mol. The van der Waals surface area contributed by atoms with E-state index in [-0.39, 0.29) is 11.8 Å². The molecule has 0 saturated heterocycles. The van der Waals surface area contributed by atoms with Gasteiger partial charge in [0.1, 0.15) is 11.2 Å². The monoisotopic (exact) mass is 379 g/mol. The van der Waals surface area contributed by atoms with E-state index >= 15 is 0 Å². The summed E-state index contributed by atoms with van der Waals surface area (Å²) in [6.07, 6.45) is 1.48. The summed E-state index contributed by atoms with van der Waals surface area (Å²) in [5.41, 5.74) is 1.98. The molecule has 6 nitrogen and oxygen atoms in total. The van der Waals surface area contributed by atoms with Crippen molar-refractivity contribution in [3.05, 3.63) is 58.1 Å². The van der Waals surface area contributed by atoms with E-state index in [1.807, 2.05) is 33.8 Å². The third-order valence-electron chi connectivity index (χ3n) is 4.35. The number of hydrogen-bond acceptors (Lipinski definition) is 5. The minimum Gasteiger partial charge on any atom is -0.463 e. The highest BCUT2D eigenvalue weighted by molar-refractivity contribution is 6.00. The second-order valence-corrected chi connectivity index (χ2v) is 7.85. The summed E-state index contributed by atoms with van der Waals surface area (Å²) in [5.74, 6) is 0.0908. The molecule has 144 valence electrons. The number of hydrogen-bond donors (Lipinski definition) is 1. The lowest BCUT2D eigenvalue weighted by Crippen LogP contribution is -2.25. The molecule has 0 amide bonds. The van der Waals surface area contributed by atoms with Gasteiger partial charge in [-0.15, -0.1) is 0 Å². The molecule has 0 spiro atoms. The van der Waals surface area contributed by atoms with Gasteiger partial charge in [-0.25, -0.2) is 0 Å². The Labute approximate surface area is 161 Å². The molecule has 0 aliphatic rings. The van der Waals surface area contributed by atoms with Crippen LogP contribution in [0.1, 0.15) is 32.0 Å². The molecule has 4 rings (SSSR count). The molecule has 6 heteroatoms. The van der Waals surface area contributed by atoms with Crippen molar-refractivity contribution in [3.8, 4) is 11.5 Å². The lowest BCUT2D eigenvalue weighted by atomic mass is 10.1. The van der Waals surface area contributed by atoms with Crippen LogP contribution >= 0.6 is 0 Å². The second kappa shape index (κ2) is 6.41. The molecule has 28 heavy (non-hydrogen) atoms. The van der Waals surface area contributed by atoms with Crippen molar-refractivity contribution in [2.75, 3.05) is 0 Å². The highest BCUT2D eigenvalue weighted by Gasteiger charge is 2.24. The van der Waals surface area contributed by atoms with E-state index in [0.717, 1.165) is 5.56 Å². The Hall–Kier alpha value is -3.28. The van der Waals surface area contributed by atoms with Crippen LogP contribution in [0, 0.1) is 6.92 Å². The number of aromatic amines is 1. The minimum absolute atomic E-state index is 0.0468. The topological polar surface area (TPSA) is 85.4 Å². The fraction of sp³-hybridized carbons (Fsp3) is 0.273. The Kier molecular flexibility index (Phi) is 4.14. The molecular formula is C22H21NO5. The highest BCUT2D eigenvalue weighted by atomic mass is 16.6. The minimum atomic E-state index is -0.603. The number of aryl methyl sites for hydroxylation is 1. The Bertz CT molecular complexity index is 1240. The zero-order chi connectivity index (χ0) is 20.1. The van der Waals surface area contributed by atoms with Crippen molar-refractivity contribution < 1.29 is 18.4 Å². The lowest BCUT2D eigenvalue weighted by molar-refractivity contribution is -0.153. The molecule has 0 unspecified atom stereocenters. The first-order valence-corrected chi connectivity index (χ1v) is 9.07. The van der Waals surface area contributed by atoms with Gasteiger partial charge in [0.25, 0.3) is 0 Å². The van der Waals surface area contributed by atoms with Crippen LogP contribution < -0.4 is 5.43 Å². The zero-order valence-electron chi connectivity index (χ0n) is 16.2. The van der Waals surface area contributed by atoms with Crippen LogP contribution in [0.3, 0.4) is 0 Å². The number of carbonyl (C=O) groups excluding carboxylic acids is 1. The van der Waals surface area contributed by atoms with Gasteiger partial charge in [-0.2, -0.15) is 0 Å². The SMILES string of the molecule is Cc1ccc2oc3c(CC(=O)OC(C)(C)C)[nH]c(-c4ccco4)c3c(=O)c2c1. The fourth-order valence-corrected chi connectivity index (χ4v) is 3.27. The molecule has 0 aliphatic carbocycles. The van der Waals surface area contributed by atoms with Gasteiger partial charge in [0.15, 0.2) is 11.3 Å². The molecule has 0 aliphatic heterocycles. The number of benzene rings is 1. The van der Waals surface area contributed by atoms with E-state index in [1.54, 1.807) is 24.3 Å². The summed E-state index contributed by atoms with van der Waals surface area (Å²) >= 11 is 0. The average Bonchev–Trinajstić information content (AvgIpc) is 3.22. The number of furan rings is 1. The van der Waals surface area contributed by atoms with Crippen LogP contribution in [-0.4, -0.2) is 16.6 Å². The molecule has 3 heterocycles. The van der Waals surface area contributed by atoms with E-state index in [0.29, 0.717) is 39.1 Å². The Morgan fingerprint density at radius 2 is 2.00 bits per heavy atom. The van der Waals surface area contributed by atoms with Crippen molar-refractivity contribution >= 4 is 27.9 Å². The number of rotatable bonds is 3. The number of fused-ring (bicyclic) bond motifs is 2. The van der Waals surface area contributed by atoms with Crippen molar-refractivity contribution in [1.29, 1.82) is 0 Å². The molecule has 0 atom stereocenters. The Balaban J connectivity index is 1.95. The molecule has 1 N–H and O–H groups in total. The van der Waals surface area contributed by atoms with Gasteiger partial charge in [0.05, 0.1) is 34.8 Å². The van der Waals surface area contributed by atoms with Crippen LogP contribution in [0.4, 0.5) is 0 Å². The van der Waals surface area contributed by atoms with E-state index in [2.05, 4.69) is 4.98 Å². The largest absolute Gasteiger partial charge is 0.463 e. The fourth-order valence-electron chi connectivity index (χ4n) is 3.27. The van der Waals surface area contributed by atoms with Gasteiger partial charge in [-0.05, 0) is 52.0 Å². The average molecular weight is 379 g/mol. The number of ether oxygens (including phenoxy) is 1. The Morgan fingerprint density at radius 1 is 1.21 bits per heavy atom.